The third-order valence-electron chi connectivity index (χ3n) is 2.49. The maximum Gasteiger partial charge on any atom is 0.397 e. The second kappa shape index (κ2) is 11.7. The third kappa shape index (κ3) is 14.9. The summed E-state index contributed by atoms with van der Waals surface area (Å²) >= 11 is 0. The standard InChI is InChI=1S/C8H18O4S.C6H6O/c1-2-3-4-5-6-7-8-12-13(9,10)11;7-6-4-2-1-3-5-6/h2-8H2,1H3,(H,9,10,11);1-5,7H. The molecule has 1 rings (SSSR count). The first-order chi connectivity index (χ1) is 9.45. The molecule has 2 N–H and O–H groups in total. The van der Waals surface area contributed by atoms with E-state index in [1.165, 1.54) is 19.3 Å². The zero-order valence-corrected chi connectivity index (χ0v) is 12.7. The summed E-state index contributed by atoms with van der Waals surface area (Å²) in [4.78, 5) is 0. The summed E-state index contributed by atoms with van der Waals surface area (Å²) in [7, 11) is -4.22. The zero-order valence-electron chi connectivity index (χ0n) is 11.9. The number of aromatic hydroxyl groups is 1. The third-order valence-corrected chi connectivity index (χ3v) is 2.95. The topological polar surface area (TPSA) is 83.8 Å². The summed E-state index contributed by atoms with van der Waals surface area (Å²) in [5.41, 5.74) is 0. The first kappa shape index (κ1) is 18.9. The van der Waals surface area contributed by atoms with E-state index in [4.69, 9.17) is 9.66 Å². The molecule has 5 nitrogen and oxygen atoms in total. The van der Waals surface area contributed by atoms with Gasteiger partial charge >= 0.3 is 10.4 Å². The van der Waals surface area contributed by atoms with Gasteiger partial charge in [-0.15, -0.1) is 0 Å². The van der Waals surface area contributed by atoms with Crippen molar-refractivity contribution < 1.29 is 22.3 Å². The number of rotatable bonds is 8. The molecule has 0 radical (unpaired) electrons. The molecule has 0 aliphatic heterocycles. The molecule has 0 unspecified atom stereocenters. The minimum Gasteiger partial charge on any atom is -0.508 e. The van der Waals surface area contributed by atoms with Gasteiger partial charge in [-0.25, -0.2) is 4.18 Å². The zero-order chi connectivity index (χ0) is 15.3. The monoisotopic (exact) mass is 304 g/mol. The predicted octanol–water partition coefficient (Wildman–Crippen LogP) is 3.56. The Labute approximate surface area is 121 Å². The second-order valence-corrected chi connectivity index (χ2v) is 5.44. The van der Waals surface area contributed by atoms with E-state index in [0.717, 1.165) is 12.8 Å². The lowest BCUT2D eigenvalue weighted by Crippen LogP contribution is -2.04. The summed E-state index contributed by atoms with van der Waals surface area (Å²) in [6.45, 7) is 2.23. The van der Waals surface area contributed by atoms with Crippen LogP contribution in [-0.4, -0.2) is 24.7 Å². The molecule has 0 saturated carbocycles. The molecular formula is C14H24O5S. The molecule has 0 fully saturated rings. The number of phenolic OH excluding ortho intramolecular Hbond substituents is 1. The van der Waals surface area contributed by atoms with Crippen molar-refractivity contribution in [2.45, 2.75) is 45.4 Å². The molecule has 0 aliphatic carbocycles. The molecule has 20 heavy (non-hydrogen) atoms. The molecule has 6 heteroatoms. The summed E-state index contributed by atoms with van der Waals surface area (Å²) in [5, 5.41) is 8.63. The minimum absolute atomic E-state index is 0.0883. The van der Waals surface area contributed by atoms with Crippen molar-refractivity contribution >= 4 is 10.4 Å². The molecule has 0 atom stereocenters. The Kier molecular flexibility index (Phi) is 11.0. The van der Waals surface area contributed by atoms with Crippen LogP contribution in [-0.2, 0) is 14.6 Å². The normalized spacial score (nSPS) is 10.7. The van der Waals surface area contributed by atoms with Gasteiger partial charge in [0.2, 0.25) is 0 Å². The first-order valence-corrected chi connectivity index (χ1v) is 8.18. The van der Waals surface area contributed by atoms with Gasteiger partial charge in [-0.2, -0.15) is 8.42 Å². The molecule has 0 amide bonds. The maximum atomic E-state index is 10.1. The van der Waals surface area contributed by atoms with Crippen LogP contribution in [0.15, 0.2) is 30.3 Å². The van der Waals surface area contributed by atoms with Gasteiger partial charge in [0, 0.05) is 0 Å². The Morgan fingerprint density at radius 2 is 1.55 bits per heavy atom. The first-order valence-electron chi connectivity index (χ1n) is 6.81. The van der Waals surface area contributed by atoms with Gasteiger partial charge in [-0.3, -0.25) is 4.55 Å². The smallest absolute Gasteiger partial charge is 0.397 e. The molecule has 0 spiro atoms. The van der Waals surface area contributed by atoms with Gasteiger partial charge in [0.05, 0.1) is 6.61 Å². The highest BCUT2D eigenvalue weighted by atomic mass is 32.3. The molecule has 1 aromatic rings. The van der Waals surface area contributed by atoms with Crippen LogP contribution in [0.4, 0.5) is 0 Å². The SMILES string of the molecule is CCCCCCCCOS(=O)(=O)O.Oc1ccccc1. The highest BCUT2D eigenvalue weighted by Gasteiger charge is 2.02. The fraction of sp³-hybridized carbons (Fsp3) is 0.571. The van der Waals surface area contributed by atoms with E-state index in [1.54, 1.807) is 24.3 Å². The number of para-hydroxylation sites is 1. The minimum atomic E-state index is -4.22. The fourth-order valence-corrected chi connectivity index (χ4v) is 1.80. The highest BCUT2D eigenvalue weighted by molar-refractivity contribution is 7.80. The number of phenols is 1. The van der Waals surface area contributed by atoms with Gasteiger partial charge in [0.15, 0.2) is 0 Å². The molecule has 0 bridgehead atoms. The Bertz CT molecular complexity index is 416. The molecule has 0 saturated heterocycles. The Hall–Kier alpha value is -1.11. The fourth-order valence-electron chi connectivity index (χ4n) is 1.47. The van der Waals surface area contributed by atoms with E-state index < -0.39 is 10.4 Å². The van der Waals surface area contributed by atoms with Gasteiger partial charge < -0.3 is 5.11 Å². The van der Waals surface area contributed by atoms with Gasteiger partial charge in [0.25, 0.3) is 0 Å². The van der Waals surface area contributed by atoms with Gasteiger partial charge in [0.1, 0.15) is 5.75 Å². The summed E-state index contributed by atoms with van der Waals surface area (Å²) in [6.07, 6.45) is 6.34. The summed E-state index contributed by atoms with van der Waals surface area (Å²) in [5.74, 6) is 0.322. The molecule has 0 heterocycles. The van der Waals surface area contributed by atoms with Crippen LogP contribution >= 0.6 is 0 Å². The van der Waals surface area contributed by atoms with Crippen molar-refractivity contribution in [1.82, 2.24) is 0 Å². The van der Waals surface area contributed by atoms with Crippen LogP contribution in [0, 0.1) is 0 Å². The lowest BCUT2D eigenvalue weighted by Gasteiger charge is -2.00. The number of hydrogen-bond donors (Lipinski definition) is 2. The van der Waals surface area contributed by atoms with E-state index in [1.807, 2.05) is 6.07 Å². The molecule has 1 aromatic carbocycles. The average molecular weight is 304 g/mol. The van der Waals surface area contributed by atoms with Crippen LogP contribution in [0.3, 0.4) is 0 Å². The summed E-state index contributed by atoms with van der Waals surface area (Å²) in [6, 6.07) is 8.71. The van der Waals surface area contributed by atoms with Crippen LogP contribution in [0.1, 0.15) is 45.4 Å². The molecule has 116 valence electrons. The maximum absolute atomic E-state index is 10.1. The molecular weight excluding hydrogens is 280 g/mol. The van der Waals surface area contributed by atoms with E-state index in [0.29, 0.717) is 12.2 Å². The van der Waals surface area contributed by atoms with Crippen molar-refractivity contribution in [2.24, 2.45) is 0 Å². The average Bonchev–Trinajstić information content (AvgIpc) is 2.38. The molecule has 0 aromatic heterocycles. The lowest BCUT2D eigenvalue weighted by atomic mass is 10.1. The van der Waals surface area contributed by atoms with E-state index in [-0.39, 0.29) is 6.61 Å². The Morgan fingerprint density at radius 1 is 1.00 bits per heavy atom. The van der Waals surface area contributed by atoms with Gasteiger partial charge in [-0.05, 0) is 18.6 Å². The van der Waals surface area contributed by atoms with E-state index in [2.05, 4.69) is 11.1 Å². The van der Waals surface area contributed by atoms with Crippen molar-refractivity contribution in [2.75, 3.05) is 6.61 Å². The number of unbranched alkanes of at least 4 members (excludes halogenated alkanes) is 5. The molecule has 0 aliphatic rings. The highest BCUT2D eigenvalue weighted by Crippen LogP contribution is 2.05. The Balaban J connectivity index is 0.000000428. The van der Waals surface area contributed by atoms with Crippen molar-refractivity contribution in [3.63, 3.8) is 0 Å². The Morgan fingerprint density at radius 3 is 2.00 bits per heavy atom. The van der Waals surface area contributed by atoms with Crippen LogP contribution in [0.25, 0.3) is 0 Å². The van der Waals surface area contributed by atoms with Crippen LogP contribution in [0.5, 0.6) is 5.75 Å². The predicted molar refractivity (Wildman–Crippen MR) is 79.0 cm³/mol. The van der Waals surface area contributed by atoms with Crippen LogP contribution in [0.2, 0.25) is 0 Å². The number of benzene rings is 1. The quantitative estimate of drug-likeness (QED) is 0.566. The van der Waals surface area contributed by atoms with E-state index >= 15 is 0 Å². The summed E-state index contributed by atoms with van der Waals surface area (Å²) < 4.78 is 32.6. The van der Waals surface area contributed by atoms with Crippen LogP contribution < -0.4 is 0 Å². The van der Waals surface area contributed by atoms with Crippen molar-refractivity contribution in [3.05, 3.63) is 30.3 Å². The lowest BCUT2D eigenvalue weighted by molar-refractivity contribution is 0.261. The largest absolute Gasteiger partial charge is 0.508 e. The van der Waals surface area contributed by atoms with E-state index in [9.17, 15) is 8.42 Å². The second-order valence-electron chi connectivity index (χ2n) is 4.35. The van der Waals surface area contributed by atoms with Crippen molar-refractivity contribution in [1.29, 1.82) is 0 Å². The van der Waals surface area contributed by atoms with Crippen molar-refractivity contribution in [3.8, 4) is 5.75 Å². The number of hydrogen-bond acceptors (Lipinski definition) is 4. The van der Waals surface area contributed by atoms with Gasteiger partial charge in [-0.1, -0.05) is 57.2 Å².